The van der Waals surface area contributed by atoms with E-state index in [0.29, 0.717) is 12.2 Å². The van der Waals surface area contributed by atoms with E-state index < -0.39 is 6.04 Å². The highest BCUT2D eigenvalue weighted by Gasteiger charge is 2.28. The van der Waals surface area contributed by atoms with Gasteiger partial charge in [0.25, 0.3) is 5.78 Å². The molecule has 0 bridgehead atoms. The number of aromatic nitrogens is 4. The van der Waals surface area contributed by atoms with E-state index in [0.717, 1.165) is 60.7 Å². The lowest BCUT2D eigenvalue weighted by Crippen LogP contribution is -2.52. The number of aryl methyl sites for hydroxylation is 1. The van der Waals surface area contributed by atoms with Crippen LogP contribution < -0.4 is 20.3 Å². The van der Waals surface area contributed by atoms with Crippen LogP contribution in [0, 0.1) is 6.92 Å². The van der Waals surface area contributed by atoms with Crippen molar-refractivity contribution < 1.29 is 14.3 Å². The summed E-state index contributed by atoms with van der Waals surface area (Å²) in [6, 6.07) is 17.2. The van der Waals surface area contributed by atoms with Crippen molar-refractivity contribution in [2.75, 3.05) is 25.1 Å². The SMILES string of the molecule is COc1ccc(C[C@H](NC(C)=O)C(=O)NC2CCN(c3c(Cc4ccccc4)c(C)nc4ncnn34)CC2)cc1. The zero-order valence-electron chi connectivity index (χ0n) is 23.1. The van der Waals surface area contributed by atoms with E-state index in [4.69, 9.17) is 9.72 Å². The standard InChI is InChI=1S/C30H35N7O3/c1-20-26(17-22-7-5-4-6-8-22)29(37-30(33-20)31-19-32-37)36-15-13-24(14-16-36)35-28(39)27(34-21(2)38)18-23-9-11-25(40-3)12-10-23/h4-12,19,24,27H,13-18H2,1-3H3,(H,34,38)(H,35,39)/t27-/m0/s1. The molecule has 10 heteroatoms. The van der Waals surface area contributed by atoms with Crippen LogP contribution in [0.5, 0.6) is 5.75 Å². The van der Waals surface area contributed by atoms with Crippen LogP contribution in [0.2, 0.25) is 0 Å². The molecule has 0 saturated carbocycles. The number of rotatable bonds is 9. The summed E-state index contributed by atoms with van der Waals surface area (Å²) in [5, 5.41) is 10.5. The molecule has 1 fully saturated rings. The molecule has 2 N–H and O–H groups in total. The van der Waals surface area contributed by atoms with Crippen molar-refractivity contribution in [2.45, 2.75) is 51.6 Å². The lowest BCUT2D eigenvalue weighted by atomic mass is 10.00. The van der Waals surface area contributed by atoms with Crippen LogP contribution in [-0.4, -0.2) is 63.7 Å². The predicted octanol–water partition coefficient (Wildman–Crippen LogP) is 2.86. The Labute approximate surface area is 233 Å². The quantitative estimate of drug-likeness (QED) is 0.335. The summed E-state index contributed by atoms with van der Waals surface area (Å²) in [7, 11) is 1.61. The number of nitrogens with zero attached hydrogens (tertiary/aromatic N) is 5. The molecule has 5 rings (SSSR count). The Morgan fingerprint density at radius 3 is 2.45 bits per heavy atom. The second kappa shape index (κ2) is 12.1. The highest BCUT2D eigenvalue weighted by Crippen LogP contribution is 2.28. The van der Waals surface area contributed by atoms with Gasteiger partial charge in [-0.1, -0.05) is 42.5 Å². The minimum absolute atomic E-state index is 0.00243. The van der Waals surface area contributed by atoms with Crippen molar-refractivity contribution >= 4 is 23.4 Å². The van der Waals surface area contributed by atoms with Gasteiger partial charge in [-0.3, -0.25) is 9.59 Å². The smallest absolute Gasteiger partial charge is 0.254 e. The lowest BCUT2D eigenvalue weighted by Gasteiger charge is -2.35. The molecule has 2 amide bonds. The number of anilines is 1. The van der Waals surface area contributed by atoms with Gasteiger partial charge in [-0.25, -0.2) is 4.98 Å². The molecule has 1 aliphatic rings. The maximum Gasteiger partial charge on any atom is 0.254 e. The third kappa shape index (κ3) is 6.22. The summed E-state index contributed by atoms with van der Waals surface area (Å²) in [6.07, 6.45) is 4.21. The first-order chi connectivity index (χ1) is 19.4. The molecule has 4 aromatic rings. The van der Waals surface area contributed by atoms with Gasteiger partial charge in [-0.15, -0.1) is 0 Å². The summed E-state index contributed by atoms with van der Waals surface area (Å²) in [4.78, 5) is 36.5. The number of nitrogens with one attached hydrogen (secondary N) is 2. The predicted molar refractivity (Wildman–Crippen MR) is 152 cm³/mol. The van der Waals surface area contributed by atoms with Gasteiger partial charge in [0.15, 0.2) is 0 Å². The van der Waals surface area contributed by atoms with E-state index in [1.807, 2.05) is 53.9 Å². The molecular formula is C30H35N7O3. The first-order valence-corrected chi connectivity index (χ1v) is 13.6. The van der Waals surface area contributed by atoms with Crippen molar-refractivity contribution in [2.24, 2.45) is 0 Å². The number of piperidine rings is 1. The van der Waals surface area contributed by atoms with Gasteiger partial charge in [0.05, 0.1) is 7.11 Å². The van der Waals surface area contributed by atoms with E-state index in [1.165, 1.54) is 18.8 Å². The van der Waals surface area contributed by atoms with Gasteiger partial charge in [-0.2, -0.15) is 14.6 Å². The fourth-order valence-corrected chi connectivity index (χ4v) is 5.29. The van der Waals surface area contributed by atoms with Crippen LogP contribution in [0.3, 0.4) is 0 Å². The van der Waals surface area contributed by atoms with Crippen LogP contribution >= 0.6 is 0 Å². The summed E-state index contributed by atoms with van der Waals surface area (Å²) in [5.41, 5.74) is 4.21. The summed E-state index contributed by atoms with van der Waals surface area (Å²) in [5.74, 6) is 1.92. The van der Waals surface area contributed by atoms with Gasteiger partial charge in [0, 0.05) is 50.2 Å². The number of fused-ring (bicyclic) bond motifs is 1. The molecule has 1 atom stereocenters. The molecule has 0 spiro atoms. The number of hydrogen-bond acceptors (Lipinski definition) is 7. The average Bonchev–Trinajstić information content (AvgIpc) is 3.42. The van der Waals surface area contributed by atoms with Crippen molar-refractivity contribution in [3.63, 3.8) is 0 Å². The first-order valence-electron chi connectivity index (χ1n) is 13.6. The van der Waals surface area contributed by atoms with Gasteiger partial charge in [-0.05, 0) is 43.0 Å². The third-order valence-corrected chi connectivity index (χ3v) is 7.36. The summed E-state index contributed by atoms with van der Waals surface area (Å²) >= 11 is 0. The monoisotopic (exact) mass is 541 g/mol. The minimum Gasteiger partial charge on any atom is -0.497 e. The second-order valence-electron chi connectivity index (χ2n) is 10.2. The van der Waals surface area contributed by atoms with E-state index in [9.17, 15) is 9.59 Å². The number of methoxy groups -OCH3 is 1. The maximum absolute atomic E-state index is 13.3. The number of carbonyl (C=O) groups is 2. The van der Waals surface area contributed by atoms with E-state index in [-0.39, 0.29) is 17.9 Å². The molecule has 2 aromatic heterocycles. The van der Waals surface area contributed by atoms with Crippen LogP contribution in [0.25, 0.3) is 5.78 Å². The van der Waals surface area contributed by atoms with E-state index in [2.05, 4.69) is 37.7 Å². The van der Waals surface area contributed by atoms with E-state index >= 15 is 0 Å². The molecule has 2 aromatic carbocycles. The number of benzene rings is 2. The Kier molecular flexibility index (Phi) is 8.23. The number of hydrogen-bond donors (Lipinski definition) is 2. The molecule has 40 heavy (non-hydrogen) atoms. The molecule has 1 aliphatic heterocycles. The Morgan fingerprint density at radius 2 is 1.77 bits per heavy atom. The van der Waals surface area contributed by atoms with Crippen LogP contribution in [0.4, 0.5) is 5.82 Å². The highest BCUT2D eigenvalue weighted by molar-refractivity contribution is 5.87. The summed E-state index contributed by atoms with van der Waals surface area (Å²) < 4.78 is 7.05. The van der Waals surface area contributed by atoms with Gasteiger partial charge >= 0.3 is 0 Å². The Morgan fingerprint density at radius 1 is 1.05 bits per heavy atom. The van der Waals surface area contributed by atoms with E-state index in [1.54, 1.807) is 7.11 Å². The van der Waals surface area contributed by atoms with Crippen LogP contribution in [-0.2, 0) is 22.4 Å². The van der Waals surface area contributed by atoms with Gasteiger partial charge < -0.3 is 20.3 Å². The number of ether oxygens (including phenoxy) is 1. The molecule has 208 valence electrons. The lowest BCUT2D eigenvalue weighted by molar-refractivity contribution is -0.128. The Balaban J connectivity index is 1.28. The second-order valence-corrected chi connectivity index (χ2v) is 10.2. The highest BCUT2D eigenvalue weighted by atomic mass is 16.5. The van der Waals surface area contributed by atoms with Crippen LogP contribution in [0.1, 0.15) is 42.1 Å². The molecule has 0 aliphatic carbocycles. The van der Waals surface area contributed by atoms with Crippen molar-refractivity contribution in [3.05, 3.63) is 83.3 Å². The number of amides is 2. The molecule has 10 nitrogen and oxygen atoms in total. The third-order valence-electron chi connectivity index (χ3n) is 7.36. The Hall–Kier alpha value is -4.47. The zero-order valence-corrected chi connectivity index (χ0v) is 23.1. The largest absolute Gasteiger partial charge is 0.497 e. The topological polar surface area (TPSA) is 114 Å². The first kappa shape index (κ1) is 27.1. The zero-order chi connectivity index (χ0) is 28.1. The Bertz CT molecular complexity index is 1460. The normalized spacial score (nSPS) is 14.6. The molecule has 0 radical (unpaired) electrons. The van der Waals surface area contributed by atoms with Gasteiger partial charge in [0.1, 0.15) is 23.9 Å². The van der Waals surface area contributed by atoms with Crippen molar-refractivity contribution in [1.29, 1.82) is 0 Å². The summed E-state index contributed by atoms with van der Waals surface area (Å²) in [6.45, 7) is 4.94. The fraction of sp³-hybridized carbons (Fsp3) is 0.367. The van der Waals surface area contributed by atoms with Gasteiger partial charge in [0.2, 0.25) is 11.8 Å². The van der Waals surface area contributed by atoms with Crippen LogP contribution in [0.15, 0.2) is 60.9 Å². The molecular weight excluding hydrogens is 506 g/mol. The molecule has 1 saturated heterocycles. The molecule has 3 heterocycles. The van der Waals surface area contributed by atoms with Crippen molar-refractivity contribution in [3.8, 4) is 5.75 Å². The minimum atomic E-state index is -0.654. The molecule has 0 unspecified atom stereocenters. The number of carbonyl (C=O) groups excluding carboxylic acids is 2. The average molecular weight is 542 g/mol. The van der Waals surface area contributed by atoms with Crippen molar-refractivity contribution in [1.82, 2.24) is 30.2 Å². The fourth-order valence-electron chi connectivity index (χ4n) is 5.29. The maximum atomic E-state index is 13.3.